The lowest BCUT2D eigenvalue weighted by Gasteiger charge is -2.21. The highest BCUT2D eigenvalue weighted by molar-refractivity contribution is 7.99. The number of fused-ring (bicyclic) bond motifs is 1. The summed E-state index contributed by atoms with van der Waals surface area (Å²) in [5, 5.41) is 0.696. The molecule has 1 fully saturated rings. The van der Waals surface area contributed by atoms with Gasteiger partial charge in [-0.25, -0.2) is 0 Å². The molecule has 1 N–H and O–H groups in total. The summed E-state index contributed by atoms with van der Waals surface area (Å²) < 4.78 is 8.30. The Bertz CT molecular complexity index is 626. The average Bonchev–Trinajstić information content (AvgIpc) is 2.75. The van der Waals surface area contributed by atoms with Crippen LogP contribution in [0, 0.1) is 4.77 Å². The first-order chi connectivity index (χ1) is 9.28. The zero-order chi connectivity index (χ0) is 13.2. The molecule has 1 aliphatic rings. The van der Waals surface area contributed by atoms with E-state index in [1.54, 1.807) is 7.11 Å². The predicted octanol–water partition coefficient (Wildman–Crippen LogP) is 3.99. The van der Waals surface area contributed by atoms with Gasteiger partial charge >= 0.3 is 0 Å². The van der Waals surface area contributed by atoms with E-state index < -0.39 is 0 Å². The van der Waals surface area contributed by atoms with E-state index in [0.717, 1.165) is 22.6 Å². The lowest BCUT2D eigenvalue weighted by Crippen LogP contribution is -2.16. The van der Waals surface area contributed by atoms with E-state index in [0.29, 0.717) is 5.25 Å². The van der Waals surface area contributed by atoms with Crippen LogP contribution in [0.2, 0.25) is 0 Å². The second-order valence-corrected chi connectivity index (χ2v) is 6.71. The fraction of sp³-hybridized carbons (Fsp3) is 0.500. The molecule has 0 amide bonds. The van der Waals surface area contributed by atoms with Crippen molar-refractivity contribution in [2.75, 3.05) is 12.9 Å². The van der Waals surface area contributed by atoms with E-state index in [-0.39, 0.29) is 0 Å². The van der Waals surface area contributed by atoms with Crippen LogP contribution in [0.25, 0.3) is 11.0 Å². The molecule has 2 heterocycles. The molecule has 1 aromatic heterocycles. The first kappa shape index (κ1) is 13.1. The maximum absolute atomic E-state index is 5.46. The summed E-state index contributed by atoms with van der Waals surface area (Å²) in [6, 6.07) is 6.10. The van der Waals surface area contributed by atoms with Crippen LogP contribution in [0.5, 0.6) is 5.75 Å². The van der Waals surface area contributed by atoms with Gasteiger partial charge in [0.15, 0.2) is 4.77 Å². The van der Waals surface area contributed by atoms with E-state index >= 15 is 0 Å². The quantitative estimate of drug-likeness (QED) is 0.868. The van der Waals surface area contributed by atoms with Gasteiger partial charge < -0.3 is 14.3 Å². The normalized spacial score (nSPS) is 19.7. The molecule has 0 spiro atoms. The van der Waals surface area contributed by atoms with E-state index in [1.165, 1.54) is 30.5 Å². The molecule has 1 saturated heterocycles. The van der Waals surface area contributed by atoms with Crippen molar-refractivity contribution < 1.29 is 4.74 Å². The lowest BCUT2D eigenvalue weighted by atomic mass is 10.2. The van der Waals surface area contributed by atoms with E-state index in [2.05, 4.69) is 27.4 Å². The Morgan fingerprint density at radius 3 is 3.11 bits per heavy atom. The van der Waals surface area contributed by atoms with Crippen LogP contribution in [0.3, 0.4) is 0 Å². The van der Waals surface area contributed by atoms with Gasteiger partial charge in [0, 0.05) is 17.9 Å². The molecule has 2 aromatic rings. The Balaban J connectivity index is 1.93. The summed E-state index contributed by atoms with van der Waals surface area (Å²) >= 11 is 7.54. The smallest absolute Gasteiger partial charge is 0.178 e. The van der Waals surface area contributed by atoms with Crippen molar-refractivity contribution in [2.24, 2.45) is 0 Å². The van der Waals surface area contributed by atoms with Gasteiger partial charge in [0.2, 0.25) is 0 Å². The molecule has 1 aliphatic heterocycles. The molecular formula is C14H18N2OS2. The van der Waals surface area contributed by atoms with Crippen molar-refractivity contribution in [2.45, 2.75) is 31.1 Å². The first-order valence-electron chi connectivity index (χ1n) is 6.66. The molecule has 0 radical (unpaired) electrons. The number of thioether (sulfide) groups is 1. The minimum atomic E-state index is 0.696. The van der Waals surface area contributed by atoms with Crippen LogP contribution in [0.15, 0.2) is 18.2 Å². The number of nitrogens with one attached hydrogen (secondary N) is 1. The standard InChI is InChI=1S/C14H18N2OS2/c1-17-10-5-6-13-12(8-10)15-14(18)16(13)9-11-4-2-3-7-19-11/h5-6,8,11H,2-4,7,9H2,1H3,(H,15,18). The Hall–Kier alpha value is -0.940. The molecular weight excluding hydrogens is 276 g/mol. The topological polar surface area (TPSA) is 29.9 Å². The number of aromatic nitrogens is 2. The molecule has 3 nitrogen and oxygen atoms in total. The van der Waals surface area contributed by atoms with Crippen LogP contribution in [0.1, 0.15) is 19.3 Å². The lowest BCUT2D eigenvalue weighted by molar-refractivity contribution is 0.415. The second kappa shape index (κ2) is 5.59. The molecule has 0 saturated carbocycles. The van der Waals surface area contributed by atoms with E-state index in [9.17, 15) is 0 Å². The molecule has 0 bridgehead atoms. The summed E-state index contributed by atoms with van der Waals surface area (Å²) in [7, 11) is 1.69. The minimum absolute atomic E-state index is 0.696. The van der Waals surface area contributed by atoms with Crippen molar-refractivity contribution in [3.63, 3.8) is 0 Å². The number of benzene rings is 1. The van der Waals surface area contributed by atoms with E-state index in [4.69, 9.17) is 17.0 Å². The second-order valence-electron chi connectivity index (χ2n) is 4.91. The summed E-state index contributed by atoms with van der Waals surface area (Å²) in [6.07, 6.45) is 4.01. The average molecular weight is 294 g/mol. The van der Waals surface area contributed by atoms with Crippen molar-refractivity contribution >= 4 is 35.0 Å². The number of hydrogen-bond donors (Lipinski definition) is 1. The predicted molar refractivity (Wildman–Crippen MR) is 83.8 cm³/mol. The first-order valence-corrected chi connectivity index (χ1v) is 8.12. The SMILES string of the molecule is COc1ccc2c(c1)[nH]c(=S)n2CC1CCCCS1. The number of H-pyrrole nitrogens is 1. The maximum Gasteiger partial charge on any atom is 0.178 e. The van der Waals surface area contributed by atoms with Gasteiger partial charge in [-0.3, -0.25) is 0 Å². The molecule has 5 heteroatoms. The highest BCUT2D eigenvalue weighted by atomic mass is 32.2. The molecule has 1 aromatic carbocycles. The van der Waals surface area contributed by atoms with Gasteiger partial charge in [-0.15, -0.1) is 0 Å². The van der Waals surface area contributed by atoms with Crippen molar-refractivity contribution in [3.8, 4) is 5.75 Å². The molecule has 1 atom stereocenters. The Morgan fingerprint density at radius 2 is 2.37 bits per heavy atom. The number of nitrogens with zero attached hydrogens (tertiary/aromatic N) is 1. The number of ether oxygens (including phenoxy) is 1. The number of methoxy groups -OCH3 is 1. The number of aromatic amines is 1. The van der Waals surface area contributed by atoms with Crippen LogP contribution in [-0.2, 0) is 6.54 Å². The fourth-order valence-electron chi connectivity index (χ4n) is 2.61. The highest BCUT2D eigenvalue weighted by Crippen LogP contribution is 2.28. The van der Waals surface area contributed by atoms with Gasteiger partial charge in [-0.1, -0.05) is 6.42 Å². The number of rotatable bonds is 3. The van der Waals surface area contributed by atoms with Crippen LogP contribution in [-0.4, -0.2) is 27.7 Å². The van der Waals surface area contributed by atoms with Gasteiger partial charge in [0.25, 0.3) is 0 Å². The Kier molecular flexibility index (Phi) is 3.84. The van der Waals surface area contributed by atoms with Gasteiger partial charge in [-0.2, -0.15) is 11.8 Å². The number of hydrogen-bond acceptors (Lipinski definition) is 3. The molecule has 0 aliphatic carbocycles. The third-order valence-electron chi connectivity index (χ3n) is 3.64. The van der Waals surface area contributed by atoms with Crippen LogP contribution < -0.4 is 4.74 Å². The summed E-state index contributed by atoms with van der Waals surface area (Å²) in [4.78, 5) is 3.28. The van der Waals surface area contributed by atoms with Crippen molar-refractivity contribution in [3.05, 3.63) is 23.0 Å². The minimum Gasteiger partial charge on any atom is -0.497 e. The van der Waals surface area contributed by atoms with E-state index in [1.807, 2.05) is 12.1 Å². The summed E-state index contributed by atoms with van der Waals surface area (Å²) in [5.41, 5.74) is 2.24. The van der Waals surface area contributed by atoms with Crippen molar-refractivity contribution in [1.29, 1.82) is 0 Å². The monoisotopic (exact) mass is 294 g/mol. The zero-order valence-electron chi connectivity index (χ0n) is 11.0. The third-order valence-corrected chi connectivity index (χ3v) is 5.34. The third kappa shape index (κ3) is 2.67. The van der Waals surface area contributed by atoms with Gasteiger partial charge in [0.1, 0.15) is 5.75 Å². The molecule has 1 unspecified atom stereocenters. The summed E-state index contributed by atoms with van der Waals surface area (Å²) in [5.74, 6) is 2.15. The van der Waals surface area contributed by atoms with Crippen LogP contribution >= 0.6 is 24.0 Å². The maximum atomic E-state index is 5.46. The Labute approximate surface area is 122 Å². The van der Waals surface area contributed by atoms with Crippen LogP contribution in [0.4, 0.5) is 0 Å². The van der Waals surface area contributed by atoms with Crippen molar-refractivity contribution in [1.82, 2.24) is 9.55 Å². The zero-order valence-corrected chi connectivity index (χ0v) is 12.6. The highest BCUT2D eigenvalue weighted by Gasteiger charge is 2.16. The largest absolute Gasteiger partial charge is 0.497 e. The molecule has 3 rings (SSSR count). The fourth-order valence-corrected chi connectivity index (χ4v) is 4.18. The molecule has 19 heavy (non-hydrogen) atoms. The van der Waals surface area contributed by atoms with Gasteiger partial charge in [0.05, 0.1) is 18.1 Å². The summed E-state index contributed by atoms with van der Waals surface area (Å²) in [6.45, 7) is 1.01. The Morgan fingerprint density at radius 1 is 1.47 bits per heavy atom. The van der Waals surface area contributed by atoms with Gasteiger partial charge in [-0.05, 0) is 42.9 Å². The number of imidazole rings is 1. The molecule has 102 valence electrons.